The standard InChI is InChI=1S/C13H16N4O2/c1-8-5-10(6-9(2)15-8)11-16-12(19-17-11)13(18)3-4-14-7-13/h5-6,14,18H,3-4,7H2,1-2H3. The summed E-state index contributed by atoms with van der Waals surface area (Å²) in [5.41, 5.74) is 1.63. The Labute approximate surface area is 110 Å². The molecule has 1 atom stereocenters. The van der Waals surface area contributed by atoms with Crippen molar-refractivity contribution < 1.29 is 9.63 Å². The van der Waals surface area contributed by atoms with Crippen LogP contribution < -0.4 is 5.32 Å². The SMILES string of the molecule is Cc1cc(-c2noc(C3(O)CCNC3)n2)cc(C)n1. The maximum absolute atomic E-state index is 10.4. The first-order valence-corrected chi connectivity index (χ1v) is 6.30. The molecule has 6 heteroatoms. The van der Waals surface area contributed by atoms with Gasteiger partial charge in [0.15, 0.2) is 5.60 Å². The Hall–Kier alpha value is -1.79. The summed E-state index contributed by atoms with van der Waals surface area (Å²) in [7, 11) is 0. The van der Waals surface area contributed by atoms with Crippen LogP contribution in [0, 0.1) is 13.8 Å². The van der Waals surface area contributed by atoms with Gasteiger partial charge in [-0.3, -0.25) is 4.98 Å². The lowest BCUT2D eigenvalue weighted by Crippen LogP contribution is -2.28. The summed E-state index contributed by atoms with van der Waals surface area (Å²) in [5, 5.41) is 17.4. The summed E-state index contributed by atoms with van der Waals surface area (Å²) in [4.78, 5) is 8.63. The monoisotopic (exact) mass is 260 g/mol. The average molecular weight is 260 g/mol. The van der Waals surface area contributed by atoms with E-state index in [0.29, 0.717) is 18.8 Å². The zero-order chi connectivity index (χ0) is 13.5. The van der Waals surface area contributed by atoms with Crippen molar-refractivity contribution in [2.75, 3.05) is 13.1 Å². The van der Waals surface area contributed by atoms with Crippen molar-refractivity contribution in [1.82, 2.24) is 20.4 Å². The predicted molar refractivity (Wildman–Crippen MR) is 68.4 cm³/mol. The van der Waals surface area contributed by atoms with E-state index in [4.69, 9.17) is 4.52 Å². The first-order valence-electron chi connectivity index (χ1n) is 6.30. The van der Waals surface area contributed by atoms with E-state index in [-0.39, 0.29) is 5.89 Å². The fraction of sp³-hybridized carbons (Fsp3) is 0.462. The van der Waals surface area contributed by atoms with Gasteiger partial charge in [-0.05, 0) is 38.9 Å². The van der Waals surface area contributed by atoms with Gasteiger partial charge in [-0.25, -0.2) is 0 Å². The van der Waals surface area contributed by atoms with Gasteiger partial charge >= 0.3 is 0 Å². The molecular weight excluding hydrogens is 244 g/mol. The number of β-amino-alcohol motifs (C(OH)–C–C–N with tert-alkyl or cyclic N) is 1. The minimum atomic E-state index is -1.04. The third-order valence-electron chi connectivity index (χ3n) is 3.30. The Balaban J connectivity index is 1.96. The van der Waals surface area contributed by atoms with Crippen molar-refractivity contribution in [3.63, 3.8) is 0 Å². The largest absolute Gasteiger partial charge is 0.379 e. The van der Waals surface area contributed by atoms with Gasteiger partial charge in [-0.2, -0.15) is 4.98 Å². The molecule has 6 nitrogen and oxygen atoms in total. The fourth-order valence-electron chi connectivity index (χ4n) is 2.35. The molecule has 19 heavy (non-hydrogen) atoms. The molecule has 0 aromatic carbocycles. The van der Waals surface area contributed by atoms with E-state index in [1.54, 1.807) is 0 Å². The van der Waals surface area contributed by atoms with E-state index < -0.39 is 5.60 Å². The molecule has 2 aromatic heterocycles. The van der Waals surface area contributed by atoms with Gasteiger partial charge in [0.1, 0.15) is 0 Å². The molecule has 1 unspecified atom stereocenters. The van der Waals surface area contributed by atoms with Crippen molar-refractivity contribution in [2.24, 2.45) is 0 Å². The fourth-order valence-corrected chi connectivity index (χ4v) is 2.35. The minimum Gasteiger partial charge on any atom is -0.379 e. The molecule has 3 rings (SSSR count). The third kappa shape index (κ3) is 2.24. The van der Waals surface area contributed by atoms with Crippen LogP contribution in [0.4, 0.5) is 0 Å². The Morgan fingerprint density at radius 2 is 2.00 bits per heavy atom. The van der Waals surface area contributed by atoms with E-state index in [1.165, 1.54) is 0 Å². The predicted octanol–water partition coefficient (Wildman–Crippen LogP) is 0.929. The van der Waals surface area contributed by atoms with Crippen LogP contribution in [-0.4, -0.2) is 33.3 Å². The van der Waals surface area contributed by atoms with Gasteiger partial charge in [0, 0.05) is 23.5 Å². The summed E-state index contributed by atoms with van der Waals surface area (Å²) in [6, 6.07) is 3.80. The van der Waals surface area contributed by atoms with Gasteiger partial charge in [0.2, 0.25) is 5.82 Å². The second-order valence-electron chi connectivity index (χ2n) is 5.02. The number of aromatic nitrogens is 3. The van der Waals surface area contributed by atoms with Crippen molar-refractivity contribution in [3.8, 4) is 11.4 Å². The quantitative estimate of drug-likeness (QED) is 0.835. The number of hydrogen-bond donors (Lipinski definition) is 2. The number of aryl methyl sites for hydroxylation is 2. The lowest BCUT2D eigenvalue weighted by Gasteiger charge is -2.14. The van der Waals surface area contributed by atoms with Crippen molar-refractivity contribution in [3.05, 3.63) is 29.4 Å². The highest BCUT2D eigenvalue weighted by atomic mass is 16.5. The van der Waals surface area contributed by atoms with E-state index in [9.17, 15) is 5.11 Å². The number of aliphatic hydroxyl groups is 1. The van der Waals surface area contributed by atoms with Crippen LogP contribution in [0.3, 0.4) is 0 Å². The van der Waals surface area contributed by atoms with Gasteiger partial charge < -0.3 is 14.9 Å². The second kappa shape index (κ2) is 4.40. The molecule has 3 heterocycles. The summed E-state index contributed by atoms with van der Waals surface area (Å²) in [6.07, 6.45) is 0.586. The lowest BCUT2D eigenvalue weighted by atomic mass is 10.0. The topological polar surface area (TPSA) is 84.1 Å². The van der Waals surface area contributed by atoms with Crippen LogP contribution >= 0.6 is 0 Å². The van der Waals surface area contributed by atoms with E-state index >= 15 is 0 Å². The Morgan fingerprint density at radius 1 is 1.26 bits per heavy atom. The van der Waals surface area contributed by atoms with Crippen LogP contribution in [0.1, 0.15) is 23.7 Å². The normalized spacial score (nSPS) is 22.9. The first-order chi connectivity index (χ1) is 9.07. The zero-order valence-electron chi connectivity index (χ0n) is 11.0. The van der Waals surface area contributed by atoms with E-state index in [0.717, 1.165) is 23.5 Å². The van der Waals surface area contributed by atoms with E-state index in [2.05, 4.69) is 20.4 Å². The molecule has 0 radical (unpaired) electrons. The molecule has 2 N–H and O–H groups in total. The third-order valence-corrected chi connectivity index (χ3v) is 3.30. The highest BCUT2D eigenvalue weighted by Crippen LogP contribution is 2.28. The van der Waals surface area contributed by atoms with E-state index in [1.807, 2.05) is 26.0 Å². The molecule has 0 aliphatic carbocycles. The van der Waals surface area contributed by atoms with Crippen LogP contribution in [0.5, 0.6) is 0 Å². The summed E-state index contributed by atoms with van der Waals surface area (Å²) in [5.74, 6) is 0.767. The highest BCUT2D eigenvalue weighted by Gasteiger charge is 2.38. The number of pyridine rings is 1. The maximum Gasteiger partial charge on any atom is 0.260 e. The van der Waals surface area contributed by atoms with Gasteiger partial charge in [-0.1, -0.05) is 5.16 Å². The van der Waals surface area contributed by atoms with Crippen LogP contribution in [-0.2, 0) is 5.60 Å². The number of nitrogens with one attached hydrogen (secondary N) is 1. The van der Waals surface area contributed by atoms with Crippen LogP contribution in [0.15, 0.2) is 16.7 Å². The molecule has 1 saturated heterocycles. The molecule has 0 bridgehead atoms. The van der Waals surface area contributed by atoms with Crippen molar-refractivity contribution >= 4 is 0 Å². The maximum atomic E-state index is 10.4. The molecule has 1 aliphatic rings. The Kier molecular flexibility index (Phi) is 2.83. The summed E-state index contributed by atoms with van der Waals surface area (Å²) in [6.45, 7) is 5.04. The number of nitrogens with zero attached hydrogens (tertiary/aromatic N) is 3. The zero-order valence-corrected chi connectivity index (χ0v) is 11.0. The molecule has 1 fully saturated rings. The molecule has 0 saturated carbocycles. The molecule has 1 aliphatic heterocycles. The van der Waals surface area contributed by atoms with Crippen LogP contribution in [0.25, 0.3) is 11.4 Å². The van der Waals surface area contributed by atoms with Crippen molar-refractivity contribution in [1.29, 1.82) is 0 Å². The average Bonchev–Trinajstić information content (AvgIpc) is 2.96. The number of hydrogen-bond acceptors (Lipinski definition) is 6. The Bertz CT molecular complexity index is 582. The van der Waals surface area contributed by atoms with Gasteiger partial charge in [0.25, 0.3) is 5.89 Å². The summed E-state index contributed by atoms with van der Waals surface area (Å²) < 4.78 is 5.21. The molecule has 2 aromatic rings. The molecule has 0 amide bonds. The molecule has 100 valence electrons. The Morgan fingerprint density at radius 3 is 2.63 bits per heavy atom. The van der Waals surface area contributed by atoms with Crippen LogP contribution in [0.2, 0.25) is 0 Å². The molecular formula is C13H16N4O2. The minimum absolute atomic E-state index is 0.277. The first kappa shape index (κ1) is 12.3. The van der Waals surface area contributed by atoms with Gasteiger partial charge in [-0.15, -0.1) is 0 Å². The second-order valence-corrected chi connectivity index (χ2v) is 5.02. The summed E-state index contributed by atoms with van der Waals surface area (Å²) >= 11 is 0. The number of rotatable bonds is 2. The highest BCUT2D eigenvalue weighted by molar-refractivity contribution is 5.55. The van der Waals surface area contributed by atoms with Gasteiger partial charge in [0.05, 0.1) is 0 Å². The van der Waals surface area contributed by atoms with Crippen molar-refractivity contribution in [2.45, 2.75) is 25.9 Å². The molecule has 0 spiro atoms. The lowest BCUT2D eigenvalue weighted by molar-refractivity contribution is 0.0243. The smallest absolute Gasteiger partial charge is 0.260 e.